The fourth-order valence-corrected chi connectivity index (χ4v) is 3.92. The molecule has 2 aromatic carbocycles. The predicted molar refractivity (Wildman–Crippen MR) is 120 cm³/mol. The highest BCUT2D eigenvalue weighted by atomic mass is 16.5. The summed E-state index contributed by atoms with van der Waals surface area (Å²) in [7, 11) is 0. The highest BCUT2D eigenvalue weighted by molar-refractivity contribution is 5.86. The molecule has 0 aromatic heterocycles. The summed E-state index contributed by atoms with van der Waals surface area (Å²) >= 11 is 0. The molecule has 0 bridgehead atoms. The molecule has 0 atom stereocenters. The molecule has 0 amide bonds. The van der Waals surface area contributed by atoms with Crippen molar-refractivity contribution in [3.63, 3.8) is 0 Å². The minimum absolute atomic E-state index is 0.0708. The largest absolute Gasteiger partial charge is 0.507 e. The van der Waals surface area contributed by atoms with Crippen LogP contribution in [-0.4, -0.2) is 17.7 Å². The van der Waals surface area contributed by atoms with E-state index in [4.69, 9.17) is 4.74 Å². The van der Waals surface area contributed by atoms with Gasteiger partial charge in [0.05, 0.1) is 6.61 Å². The molecule has 29 heavy (non-hydrogen) atoms. The molecule has 0 aliphatic rings. The van der Waals surface area contributed by atoms with Gasteiger partial charge in [0.25, 0.3) is 0 Å². The molecular weight excluding hydrogens is 360 g/mol. The zero-order valence-electron chi connectivity index (χ0n) is 18.6. The van der Waals surface area contributed by atoms with E-state index in [2.05, 4.69) is 53.3 Å². The molecule has 1 N–H and O–H groups in total. The average molecular weight is 395 g/mol. The highest BCUT2D eigenvalue weighted by Gasteiger charge is 2.29. The number of aromatic hydroxyl groups is 1. The second-order valence-corrected chi connectivity index (χ2v) is 9.69. The van der Waals surface area contributed by atoms with E-state index in [1.165, 1.54) is 5.56 Å². The Hall–Kier alpha value is -2.55. The monoisotopic (exact) mass is 394 g/mol. The SMILES string of the molecule is C=C(C)C(=O)OCCc1cc(C(C)(C)CC(C)(C)C)cc(-c2ccccc2)c1O. The van der Waals surface area contributed by atoms with Gasteiger partial charge in [-0.3, -0.25) is 0 Å². The van der Waals surface area contributed by atoms with Crippen LogP contribution >= 0.6 is 0 Å². The van der Waals surface area contributed by atoms with E-state index >= 15 is 0 Å². The summed E-state index contributed by atoms with van der Waals surface area (Å²) in [6.45, 7) is 16.6. The van der Waals surface area contributed by atoms with E-state index in [9.17, 15) is 9.90 Å². The predicted octanol–water partition coefficient (Wildman–Crippen LogP) is 6.43. The molecule has 3 nitrogen and oxygen atoms in total. The number of carbonyl (C=O) groups is 1. The maximum Gasteiger partial charge on any atom is 0.333 e. The summed E-state index contributed by atoms with van der Waals surface area (Å²) in [5.41, 5.74) is 4.22. The zero-order valence-corrected chi connectivity index (χ0v) is 18.6. The van der Waals surface area contributed by atoms with E-state index in [0.717, 1.165) is 23.1 Å². The molecule has 0 unspecified atom stereocenters. The fraction of sp³-hybridized carbons (Fsp3) is 0.423. The smallest absolute Gasteiger partial charge is 0.333 e. The average Bonchev–Trinajstić information content (AvgIpc) is 2.61. The zero-order chi connectivity index (χ0) is 21.8. The van der Waals surface area contributed by atoms with Crippen molar-refractivity contribution in [3.8, 4) is 16.9 Å². The fourth-order valence-electron chi connectivity index (χ4n) is 3.92. The van der Waals surface area contributed by atoms with E-state index in [0.29, 0.717) is 12.0 Å². The first-order valence-corrected chi connectivity index (χ1v) is 10.2. The van der Waals surface area contributed by atoms with Crippen LogP contribution in [0.3, 0.4) is 0 Å². The van der Waals surface area contributed by atoms with Gasteiger partial charge >= 0.3 is 5.97 Å². The lowest BCUT2D eigenvalue weighted by Crippen LogP contribution is -2.25. The second-order valence-electron chi connectivity index (χ2n) is 9.69. The van der Waals surface area contributed by atoms with Crippen molar-refractivity contribution in [1.29, 1.82) is 0 Å². The summed E-state index contributed by atoms with van der Waals surface area (Å²) in [6.07, 6.45) is 1.45. The van der Waals surface area contributed by atoms with Gasteiger partial charge in [0.1, 0.15) is 5.75 Å². The second kappa shape index (κ2) is 8.86. The first-order valence-electron chi connectivity index (χ1n) is 10.2. The Kier molecular flexibility index (Phi) is 6.94. The lowest BCUT2D eigenvalue weighted by atomic mass is 9.71. The summed E-state index contributed by atoms with van der Waals surface area (Å²) < 4.78 is 5.26. The van der Waals surface area contributed by atoms with Crippen LogP contribution in [0.1, 0.15) is 59.1 Å². The third kappa shape index (κ3) is 6.22. The summed E-state index contributed by atoms with van der Waals surface area (Å²) in [5.74, 6) is -0.158. The Labute approximate surface area is 175 Å². The molecule has 0 spiro atoms. The first-order chi connectivity index (χ1) is 13.4. The number of rotatable bonds is 7. The summed E-state index contributed by atoms with van der Waals surface area (Å²) in [6, 6.07) is 14.1. The van der Waals surface area contributed by atoms with Crippen LogP contribution in [-0.2, 0) is 21.4 Å². The molecule has 3 heteroatoms. The topological polar surface area (TPSA) is 46.5 Å². The van der Waals surface area contributed by atoms with Crippen LogP contribution in [0.25, 0.3) is 11.1 Å². The molecule has 0 heterocycles. The van der Waals surface area contributed by atoms with Gasteiger partial charge in [-0.15, -0.1) is 0 Å². The van der Waals surface area contributed by atoms with Crippen LogP contribution in [0.2, 0.25) is 0 Å². The van der Waals surface area contributed by atoms with Crippen molar-refractivity contribution in [2.45, 2.75) is 59.8 Å². The van der Waals surface area contributed by atoms with Crippen LogP contribution < -0.4 is 0 Å². The number of ether oxygens (including phenoxy) is 1. The van der Waals surface area contributed by atoms with Crippen LogP contribution in [0.15, 0.2) is 54.6 Å². The molecule has 0 saturated carbocycles. The third-order valence-electron chi connectivity index (χ3n) is 4.98. The first kappa shape index (κ1) is 22.7. The Morgan fingerprint density at radius 3 is 2.24 bits per heavy atom. The number of hydrogen-bond donors (Lipinski definition) is 1. The number of esters is 1. The molecule has 0 aliphatic heterocycles. The van der Waals surface area contributed by atoms with Gasteiger partial charge in [0, 0.05) is 17.6 Å². The van der Waals surface area contributed by atoms with Gasteiger partial charge in [-0.25, -0.2) is 4.79 Å². The van der Waals surface area contributed by atoms with Crippen LogP contribution in [0, 0.1) is 5.41 Å². The number of phenolic OH excluding ortho intramolecular Hbond substituents is 1. The number of phenols is 1. The lowest BCUT2D eigenvalue weighted by Gasteiger charge is -2.34. The standard InChI is InChI=1S/C26H34O3/c1-18(2)24(28)29-14-13-20-15-21(26(6,7)17-25(3,4)5)16-22(23(20)27)19-11-9-8-10-12-19/h8-12,15-16,27H,1,13-14,17H2,2-7H3. The normalized spacial score (nSPS) is 11.9. The van der Waals surface area contributed by atoms with Gasteiger partial charge < -0.3 is 9.84 Å². The molecule has 2 rings (SSSR count). The molecule has 156 valence electrons. The molecule has 2 aromatic rings. The minimum atomic E-state index is -0.406. The van der Waals surface area contributed by atoms with Crippen molar-refractivity contribution in [1.82, 2.24) is 0 Å². The Balaban J connectivity index is 2.46. The van der Waals surface area contributed by atoms with Gasteiger partial charge in [0.2, 0.25) is 0 Å². The van der Waals surface area contributed by atoms with E-state index in [1.54, 1.807) is 6.92 Å². The minimum Gasteiger partial charge on any atom is -0.507 e. The molecule has 0 fully saturated rings. The van der Waals surface area contributed by atoms with E-state index in [-0.39, 0.29) is 23.2 Å². The van der Waals surface area contributed by atoms with E-state index in [1.807, 2.05) is 30.3 Å². The Morgan fingerprint density at radius 1 is 1.07 bits per heavy atom. The van der Waals surface area contributed by atoms with Crippen molar-refractivity contribution in [2.75, 3.05) is 6.61 Å². The van der Waals surface area contributed by atoms with Crippen molar-refractivity contribution >= 4 is 5.97 Å². The van der Waals surface area contributed by atoms with Gasteiger partial charge in [0.15, 0.2) is 0 Å². The number of carbonyl (C=O) groups excluding carboxylic acids is 1. The Morgan fingerprint density at radius 2 is 1.69 bits per heavy atom. The quantitative estimate of drug-likeness (QED) is 0.434. The van der Waals surface area contributed by atoms with Crippen LogP contribution in [0.4, 0.5) is 0 Å². The van der Waals surface area contributed by atoms with Crippen molar-refractivity contribution < 1.29 is 14.6 Å². The third-order valence-corrected chi connectivity index (χ3v) is 4.98. The molecule has 0 radical (unpaired) electrons. The van der Waals surface area contributed by atoms with Crippen LogP contribution in [0.5, 0.6) is 5.75 Å². The van der Waals surface area contributed by atoms with Gasteiger partial charge in [-0.05, 0) is 46.9 Å². The highest BCUT2D eigenvalue weighted by Crippen LogP contribution is 2.41. The van der Waals surface area contributed by atoms with E-state index < -0.39 is 5.97 Å². The molecular formula is C26H34O3. The van der Waals surface area contributed by atoms with Gasteiger partial charge in [-0.1, -0.05) is 77.6 Å². The summed E-state index contributed by atoms with van der Waals surface area (Å²) in [5, 5.41) is 11.0. The van der Waals surface area contributed by atoms with Gasteiger partial charge in [-0.2, -0.15) is 0 Å². The van der Waals surface area contributed by atoms with Crippen molar-refractivity contribution in [2.24, 2.45) is 5.41 Å². The number of benzene rings is 2. The number of hydrogen-bond acceptors (Lipinski definition) is 3. The maximum atomic E-state index is 11.7. The maximum absolute atomic E-state index is 11.7. The summed E-state index contributed by atoms with van der Waals surface area (Å²) in [4.78, 5) is 11.7. The molecule has 0 saturated heterocycles. The lowest BCUT2D eigenvalue weighted by molar-refractivity contribution is -0.138. The molecule has 0 aliphatic carbocycles. The Bertz CT molecular complexity index is 871. The van der Waals surface area contributed by atoms with Crippen molar-refractivity contribution in [3.05, 3.63) is 65.7 Å².